The van der Waals surface area contributed by atoms with Gasteiger partial charge in [-0.2, -0.15) is 4.98 Å². The average Bonchev–Trinajstić information content (AvgIpc) is 2.97. The summed E-state index contributed by atoms with van der Waals surface area (Å²) in [5.74, 6) is -0.347. The lowest BCUT2D eigenvalue weighted by Gasteiger charge is -2.44. The van der Waals surface area contributed by atoms with Crippen LogP contribution in [0.2, 0.25) is 5.02 Å². The van der Waals surface area contributed by atoms with Crippen molar-refractivity contribution in [1.82, 2.24) is 29.4 Å². The van der Waals surface area contributed by atoms with E-state index in [0.29, 0.717) is 41.4 Å². The van der Waals surface area contributed by atoms with E-state index in [2.05, 4.69) is 15.0 Å². The Bertz CT molecular complexity index is 1880. The normalized spacial score (nSPS) is 17.2. The van der Waals surface area contributed by atoms with Gasteiger partial charge in [-0.05, 0) is 64.7 Å². The number of pyridine rings is 1. The predicted molar refractivity (Wildman–Crippen MR) is 183 cm³/mol. The van der Waals surface area contributed by atoms with E-state index in [-0.39, 0.29) is 51.8 Å². The highest BCUT2D eigenvalue weighted by Gasteiger charge is 2.37. The second kappa shape index (κ2) is 12.7. The van der Waals surface area contributed by atoms with Gasteiger partial charge in [0.1, 0.15) is 17.2 Å². The molecular weight excluding hydrogens is 623 g/mol. The van der Waals surface area contributed by atoms with E-state index in [9.17, 15) is 9.59 Å². The van der Waals surface area contributed by atoms with E-state index in [0.717, 1.165) is 0 Å². The molecule has 11 nitrogen and oxygen atoms in total. The van der Waals surface area contributed by atoms with E-state index in [1.807, 2.05) is 67.2 Å². The Labute approximate surface area is 278 Å². The average molecular weight is 665 g/mol. The lowest BCUT2D eigenvalue weighted by atomic mass is 10.0. The van der Waals surface area contributed by atoms with Crippen LogP contribution in [0.15, 0.2) is 35.1 Å². The molecule has 0 unspecified atom stereocenters. The zero-order valence-corrected chi connectivity index (χ0v) is 29.1. The minimum absolute atomic E-state index is 0.0943. The Kier molecular flexibility index (Phi) is 9.20. The van der Waals surface area contributed by atoms with Crippen molar-refractivity contribution < 1.29 is 13.9 Å². The summed E-state index contributed by atoms with van der Waals surface area (Å²) >= 11 is 6.86. The van der Waals surface area contributed by atoms with Crippen molar-refractivity contribution in [2.24, 2.45) is 0 Å². The molecule has 0 spiro atoms. The molecule has 2 atom stereocenters. The van der Waals surface area contributed by atoms with Crippen LogP contribution >= 0.6 is 11.6 Å². The van der Waals surface area contributed by atoms with Crippen LogP contribution in [0.25, 0.3) is 28.0 Å². The van der Waals surface area contributed by atoms with Crippen molar-refractivity contribution in [3.8, 4) is 16.9 Å². The summed E-state index contributed by atoms with van der Waals surface area (Å²) in [6, 6.07) is 7.34. The molecule has 13 heteroatoms. The third-order valence-electron chi connectivity index (χ3n) is 8.09. The van der Waals surface area contributed by atoms with Crippen LogP contribution < -0.4 is 16.3 Å². The third-order valence-corrected chi connectivity index (χ3v) is 8.38. The number of fused-ring (bicyclic) bond motifs is 1. The molecule has 2 N–H and O–H groups in total. The Morgan fingerprint density at radius 2 is 1.62 bits per heavy atom. The highest BCUT2D eigenvalue weighted by Crippen LogP contribution is 2.37. The number of carbonyl (C=O) groups is 1. The molecule has 5 rings (SSSR count). The van der Waals surface area contributed by atoms with Gasteiger partial charge >= 0.3 is 11.8 Å². The van der Waals surface area contributed by atoms with E-state index in [1.165, 1.54) is 10.6 Å². The van der Waals surface area contributed by atoms with Gasteiger partial charge < -0.3 is 20.3 Å². The molecule has 1 saturated heterocycles. The van der Waals surface area contributed by atoms with Crippen molar-refractivity contribution in [3.05, 3.63) is 63.0 Å². The smallest absolute Gasteiger partial charge is 0.410 e. The third kappa shape index (κ3) is 6.60. The number of nitrogen functional groups attached to an aromatic ring is 1. The molecular formula is C34H42ClFN8O3. The largest absolute Gasteiger partial charge is 0.444 e. The van der Waals surface area contributed by atoms with E-state index < -0.39 is 23.2 Å². The molecule has 0 bridgehead atoms. The van der Waals surface area contributed by atoms with Gasteiger partial charge in [-0.1, -0.05) is 51.4 Å². The summed E-state index contributed by atoms with van der Waals surface area (Å²) in [7, 11) is 0. The van der Waals surface area contributed by atoms with Gasteiger partial charge in [0.2, 0.25) is 5.95 Å². The van der Waals surface area contributed by atoms with Gasteiger partial charge in [0, 0.05) is 30.7 Å². The number of nitrogens with two attached hydrogens (primary N) is 1. The number of halogens is 2. The molecule has 250 valence electrons. The summed E-state index contributed by atoms with van der Waals surface area (Å²) in [6.07, 6.45) is -0.408. The number of piperazine rings is 1. The molecule has 4 aromatic rings. The van der Waals surface area contributed by atoms with Crippen LogP contribution in [0.3, 0.4) is 0 Å². The van der Waals surface area contributed by atoms with Gasteiger partial charge in [0.25, 0.3) is 0 Å². The molecule has 1 fully saturated rings. The van der Waals surface area contributed by atoms with Crippen LogP contribution in [-0.2, 0) is 4.74 Å². The number of ether oxygens (including phenoxy) is 1. The minimum Gasteiger partial charge on any atom is -0.444 e. The van der Waals surface area contributed by atoms with Crippen molar-refractivity contribution in [2.75, 3.05) is 23.7 Å². The highest BCUT2D eigenvalue weighted by atomic mass is 35.5. The number of anilines is 2. The van der Waals surface area contributed by atoms with Crippen molar-refractivity contribution in [2.45, 2.75) is 91.8 Å². The summed E-state index contributed by atoms with van der Waals surface area (Å²) in [5.41, 5.74) is 6.99. The Morgan fingerprint density at radius 1 is 1.00 bits per heavy atom. The van der Waals surface area contributed by atoms with Crippen LogP contribution in [-0.4, -0.2) is 66.3 Å². The van der Waals surface area contributed by atoms with Crippen molar-refractivity contribution in [3.63, 3.8) is 0 Å². The van der Waals surface area contributed by atoms with Gasteiger partial charge in [0.05, 0.1) is 33.2 Å². The lowest BCUT2D eigenvalue weighted by molar-refractivity contribution is 0.0130. The number of aromatic nitrogens is 5. The second-order valence-electron chi connectivity index (χ2n) is 13.7. The second-order valence-corrected chi connectivity index (χ2v) is 14.1. The standard InChI is InChI=1S/C34H42ClFN8O3/c1-17(2)25-28(26(18(3)4)40-31(37)39-25)44-30-22(14-23(35)27(38-30)21-12-10-11-13-24(21)36)29(41-32(44)45)42-15-20(6)43(16-19(42)5)33(46)47-34(7,8)9/h10-14,17-20H,15-16H2,1-9H3,(H2,37,39,40)/t19-,20+/m0/s1. The van der Waals surface area contributed by atoms with Gasteiger partial charge in [-0.3, -0.25) is 0 Å². The number of benzene rings is 1. The van der Waals surface area contributed by atoms with Crippen molar-refractivity contribution in [1.29, 1.82) is 0 Å². The number of nitrogens with zero attached hydrogens (tertiary/aromatic N) is 7. The minimum atomic E-state index is -0.646. The molecule has 0 saturated carbocycles. The van der Waals surface area contributed by atoms with Gasteiger partial charge in [-0.25, -0.2) is 33.5 Å². The predicted octanol–water partition coefficient (Wildman–Crippen LogP) is 6.69. The summed E-state index contributed by atoms with van der Waals surface area (Å²) in [5, 5.41) is 0.659. The fourth-order valence-corrected chi connectivity index (χ4v) is 6.16. The van der Waals surface area contributed by atoms with E-state index >= 15 is 4.39 Å². The van der Waals surface area contributed by atoms with Crippen molar-refractivity contribution >= 4 is 40.5 Å². The number of hydrogen-bond donors (Lipinski definition) is 1. The maximum atomic E-state index is 15.1. The summed E-state index contributed by atoms with van der Waals surface area (Å²) < 4.78 is 22.2. The Hall–Kier alpha value is -4.32. The molecule has 1 aliphatic rings. The molecule has 1 aromatic carbocycles. The molecule has 4 heterocycles. The first kappa shape index (κ1) is 34.0. The fourth-order valence-electron chi connectivity index (χ4n) is 5.91. The number of rotatable bonds is 5. The Morgan fingerprint density at radius 3 is 2.19 bits per heavy atom. The van der Waals surface area contributed by atoms with E-state index in [1.54, 1.807) is 29.2 Å². The molecule has 1 amide bonds. The molecule has 0 aliphatic carbocycles. The first-order valence-electron chi connectivity index (χ1n) is 15.8. The maximum absolute atomic E-state index is 15.1. The molecule has 1 aliphatic heterocycles. The SMILES string of the molecule is CC(C)c1nc(N)nc(C(C)C)c1-n1c(=O)nc(N2C[C@@H](C)N(C(=O)OC(C)(C)C)C[C@@H]2C)c2cc(Cl)c(-c3ccccc3F)nc21. The first-order chi connectivity index (χ1) is 22.0. The maximum Gasteiger partial charge on any atom is 0.410 e. The zero-order valence-electron chi connectivity index (χ0n) is 28.3. The number of hydrogen-bond acceptors (Lipinski definition) is 9. The zero-order chi connectivity index (χ0) is 34.5. The Balaban J connectivity index is 1.79. The van der Waals surface area contributed by atoms with Crippen LogP contribution in [0, 0.1) is 5.82 Å². The van der Waals surface area contributed by atoms with E-state index in [4.69, 9.17) is 27.1 Å². The topological polar surface area (TPSA) is 132 Å². The first-order valence-corrected chi connectivity index (χ1v) is 16.2. The molecule has 3 aromatic heterocycles. The van der Waals surface area contributed by atoms with Gasteiger partial charge in [0.15, 0.2) is 5.65 Å². The molecule has 47 heavy (non-hydrogen) atoms. The summed E-state index contributed by atoms with van der Waals surface area (Å²) in [4.78, 5) is 49.7. The number of amides is 1. The van der Waals surface area contributed by atoms with Gasteiger partial charge in [-0.15, -0.1) is 0 Å². The quantitative estimate of drug-likeness (QED) is 0.248. The number of carbonyl (C=O) groups excluding carboxylic acids is 1. The lowest BCUT2D eigenvalue weighted by Crippen LogP contribution is -2.59. The van der Waals surface area contributed by atoms with Crippen LogP contribution in [0.1, 0.15) is 85.5 Å². The molecule has 0 radical (unpaired) electrons. The fraction of sp³-hybridized carbons (Fsp3) is 0.471. The summed E-state index contributed by atoms with van der Waals surface area (Å²) in [6.45, 7) is 17.8. The highest BCUT2D eigenvalue weighted by molar-refractivity contribution is 6.33. The van der Waals surface area contributed by atoms with Crippen LogP contribution in [0.5, 0.6) is 0 Å². The van der Waals surface area contributed by atoms with Crippen LogP contribution in [0.4, 0.5) is 21.0 Å². The monoisotopic (exact) mass is 664 g/mol.